The van der Waals surface area contributed by atoms with Gasteiger partial charge in [-0.05, 0) is 51.4 Å². The number of nitrogens with zero attached hydrogens (tertiary/aromatic N) is 3. The van der Waals surface area contributed by atoms with Crippen molar-refractivity contribution in [3.8, 4) is 0 Å². The number of aliphatic hydroxyl groups is 1. The third-order valence-electron chi connectivity index (χ3n) is 4.97. The van der Waals surface area contributed by atoms with Gasteiger partial charge in [-0.15, -0.1) is 0 Å². The lowest BCUT2D eigenvalue weighted by molar-refractivity contribution is 0.134. The summed E-state index contributed by atoms with van der Waals surface area (Å²) in [6.45, 7) is 3.94. The number of hydrogen-bond donors (Lipinski definition) is 2. The first kappa shape index (κ1) is 17.8. The van der Waals surface area contributed by atoms with Crippen LogP contribution in [0.1, 0.15) is 44.3 Å². The van der Waals surface area contributed by atoms with Crippen molar-refractivity contribution in [2.45, 2.75) is 58.0 Å². The Morgan fingerprint density at radius 2 is 2.13 bits per heavy atom. The Balaban J connectivity index is 1.60. The highest BCUT2D eigenvalue weighted by atomic mass is 16.3. The minimum absolute atomic E-state index is 0.0243. The lowest BCUT2D eigenvalue weighted by Gasteiger charge is -2.34. The van der Waals surface area contributed by atoms with E-state index >= 15 is 0 Å². The summed E-state index contributed by atoms with van der Waals surface area (Å²) >= 11 is 0. The number of carbonyl (C=O) groups excluding carboxylic acids is 1. The number of unbranched alkanes of at least 4 members (excludes halogenated alkanes) is 1. The molecule has 6 heteroatoms. The summed E-state index contributed by atoms with van der Waals surface area (Å²) in [7, 11) is 1.88. The second-order valence-electron chi connectivity index (χ2n) is 6.57. The van der Waals surface area contributed by atoms with Crippen LogP contribution in [0.4, 0.5) is 4.79 Å². The molecule has 0 aromatic carbocycles. The molecule has 130 valence electrons. The van der Waals surface area contributed by atoms with E-state index in [0.717, 1.165) is 50.9 Å². The fraction of sp³-hybridized carbons (Fsp3) is 0.765. The van der Waals surface area contributed by atoms with E-state index in [9.17, 15) is 9.90 Å². The van der Waals surface area contributed by atoms with Crippen LogP contribution >= 0.6 is 0 Å². The van der Waals surface area contributed by atoms with Crippen LogP contribution in [-0.4, -0.2) is 51.8 Å². The highest BCUT2D eigenvalue weighted by molar-refractivity contribution is 5.74. The van der Waals surface area contributed by atoms with E-state index in [1.165, 1.54) is 0 Å². The molecule has 2 N–H and O–H groups in total. The maximum absolute atomic E-state index is 12.2. The lowest BCUT2D eigenvalue weighted by atomic mass is 9.86. The van der Waals surface area contributed by atoms with Crippen LogP contribution in [0, 0.1) is 12.8 Å². The summed E-state index contributed by atoms with van der Waals surface area (Å²) < 4.78 is 2.13. The summed E-state index contributed by atoms with van der Waals surface area (Å²) in [5.74, 6) is 1.46. The Labute approximate surface area is 138 Å². The summed E-state index contributed by atoms with van der Waals surface area (Å²) in [6, 6.07) is 0.336. The van der Waals surface area contributed by atoms with E-state index in [2.05, 4.69) is 14.9 Å². The Bertz CT molecular complexity index is 481. The molecule has 0 aliphatic heterocycles. The molecule has 6 nitrogen and oxygen atoms in total. The van der Waals surface area contributed by atoms with Gasteiger partial charge in [0.1, 0.15) is 5.82 Å². The van der Waals surface area contributed by atoms with E-state index in [4.69, 9.17) is 0 Å². The highest BCUT2D eigenvalue weighted by Crippen LogP contribution is 2.26. The van der Waals surface area contributed by atoms with E-state index in [-0.39, 0.29) is 12.6 Å². The van der Waals surface area contributed by atoms with E-state index in [1.807, 2.05) is 31.3 Å². The van der Waals surface area contributed by atoms with Crippen molar-refractivity contribution < 1.29 is 9.90 Å². The van der Waals surface area contributed by atoms with Crippen LogP contribution in [-0.2, 0) is 6.54 Å². The number of rotatable bonds is 7. The van der Waals surface area contributed by atoms with Crippen LogP contribution < -0.4 is 5.32 Å². The third-order valence-corrected chi connectivity index (χ3v) is 4.97. The average Bonchev–Trinajstić information content (AvgIpc) is 2.99. The molecule has 0 bridgehead atoms. The number of aromatic nitrogens is 2. The Morgan fingerprint density at radius 1 is 1.39 bits per heavy atom. The van der Waals surface area contributed by atoms with Crippen molar-refractivity contribution in [1.29, 1.82) is 0 Å². The third kappa shape index (κ3) is 5.23. The minimum atomic E-state index is 0.0243. The highest BCUT2D eigenvalue weighted by Gasteiger charge is 2.25. The molecule has 2 amide bonds. The van der Waals surface area contributed by atoms with Crippen molar-refractivity contribution in [3.63, 3.8) is 0 Å². The molecule has 23 heavy (non-hydrogen) atoms. The first-order valence-electron chi connectivity index (χ1n) is 8.71. The molecule has 0 radical (unpaired) electrons. The van der Waals surface area contributed by atoms with Gasteiger partial charge in [-0.25, -0.2) is 9.78 Å². The summed E-state index contributed by atoms with van der Waals surface area (Å²) in [5, 5.41) is 12.2. The quantitative estimate of drug-likeness (QED) is 0.756. The molecular weight excluding hydrogens is 292 g/mol. The molecular formula is C17H30N4O2. The van der Waals surface area contributed by atoms with E-state index in [1.54, 1.807) is 0 Å². The van der Waals surface area contributed by atoms with Crippen molar-refractivity contribution in [1.82, 2.24) is 19.8 Å². The van der Waals surface area contributed by atoms with Crippen LogP contribution in [0.3, 0.4) is 0 Å². The smallest absolute Gasteiger partial charge is 0.317 e. The first-order valence-corrected chi connectivity index (χ1v) is 8.71. The number of urea groups is 1. The number of nitrogens with one attached hydrogen (secondary N) is 1. The molecule has 1 aromatic heterocycles. The zero-order chi connectivity index (χ0) is 16.7. The van der Waals surface area contributed by atoms with Crippen LogP contribution in [0.2, 0.25) is 0 Å². The Hall–Kier alpha value is -1.56. The topological polar surface area (TPSA) is 70.4 Å². The monoisotopic (exact) mass is 322 g/mol. The van der Waals surface area contributed by atoms with Gasteiger partial charge in [-0.2, -0.15) is 0 Å². The van der Waals surface area contributed by atoms with Gasteiger partial charge >= 0.3 is 6.03 Å². The number of amides is 2. The van der Waals surface area contributed by atoms with Gasteiger partial charge in [0, 0.05) is 45.2 Å². The molecule has 0 saturated heterocycles. The number of hydrogen-bond acceptors (Lipinski definition) is 3. The maximum atomic E-state index is 12.2. The predicted octanol–water partition coefficient (Wildman–Crippen LogP) is 2.16. The summed E-state index contributed by atoms with van der Waals surface area (Å²) in [6.07, 6.45) is 9.83. The van der Waals surface area contributed by atoms with Gasteiger partial charge in [0.25, 0.3) is 0 Å². The van der Waals surface area contributed by atoms with Gasteiger partial charge in [0.05, 0.1) is 0 Å². The van der Waals surface area contributed by atoms with Crippen LogP contribution in [0.25, 0.3) is 0 Å². The van der Waals surface area contributed by atoms with E-state index in [0.29, 0.717) is 18.5 Å². The first-order chi connectivity index (χ1) is 11.1. The fourth-order valence-electron chi connectivity index (χ4n) is 3.25. The molecule has 0 unspecified atom stereocenters. The van der Waals surface area contributed by atoms with Gasteiger partial charge in [-0.1, -0.05) is 0 Å². The van der Waals surface area contributed by atoms with Gasteiger partial charge in [-0.3, -0.25) is 0 Å². The molecule has 0 atom stereocenters. The zero-order valence-corrected chi connectivity index (χ0v) is 14.4. The fourth-order valence-corrected chi connectivity index (χ4v) is 3.25. The molecule has 1 heterocycles. The molecule has 1 aliphatic carbocycles. The molecule has 1 aromatic rings. The van der Waals surface area contributed by atoms with Crippen molar-refractivity contribution in [3.05, 3.63) is 18.2 Å². The number of carbonyl (C=O) groups is 1. The molecule has 1 fully saturated rings. The lowest BCUT2D eigenvalue weighted by Crippen LogP contribution is -2.45. The normalized spacial score (nSPS) is 21.2. The number of imidazole rings is 1. The Kier molecular flexibility index (Phi) is 6.89. The average molecular weight is 322 g/mol. The van der Waals surface area contributed by atoms with Crippen molar-refractivity contribution >= 4 is 6.03 Å². The van der Waals surface area contributed by atoms with Gasteiger partial charge in [0.15, 0.2) is 0 Å². The second kappa shape index (κ2) is 8.91. The van der Waals surface area contributed by atoms with Gasteiger partial charge < -0.3 is 19.9 Å². The summed E-state index contributed by atoms with van der Waals surface area (Å²) in [5.41, 5.74) is 0. The van der Waals surface area contributed by atoms with Crippen LogP contribution in [0.5, 0.6) is 0 Å². The number of aliphatic hydroxyl groups excluding tert-OH is 1. The van der Waals surface area contributed by atoms with E-state index < -0.39 is 0 Å². The molecule has 0 spiro atoms. The molecule has 2 rings (SSSR count). The van der Waals surface area contributed by atoms with Gasteiger partial charge in [0.2, 0.25) is 0 Å². The predicted molar refractivity (Wildman–Crippen MR) is 90.2 cm³/mol. The number of aryl methyl sites for hydroxylation is 2. The standard InChI is InChI=1S/C17H30N4O2/c1-14-18-10-12-21(14)11-4-3-9-19-17(23)20(2)16-7-5-15(13-22)6-8-16/h10,12,15-16,22H,3-9,11,13H2,1-2H3,(H,19,23). The minimum Gasteiger partial charge on any atom is -0.396 e. The SMILES string of the molecule is Cc1nccn1CCCCNC(=O)N(C)C1CCC(CO)CC1. The molecule has 1 aliphatic rings. The van der Waals surface area contributed by atoms with Crippen molar-refractivity contribution in [2.75, 3.05) is 20.2 Å². The van der Waals surface area contributed by atoms with Crippen molar-refractivity contribution in [2.24, 2.45) is 5.92 Å². The maximum Gasteiger partial charge on any atom is 0.317 e. The molecule has 1 saturated carbocycles. The van der Waals surface area contributed by atoms with Crippen LogP contribution in [0.15, 0.2) is 12.4 Å². The Morgan fingerprint density at radius 3 is 2.74 bits per heavy atom. The summed E-state index contributed by atoms with van der Waals surface area (Å²) in [4.78, 5) is 18.2. The largest absolute Gasteiger partial charge is 0.396 e. The zero-order valence-electron chi connectivity index (χ0n) is 14.4. The second-order valence-corrected chi connectivity index (χ2v) is 6.57.